The number of piperidine rings is 1. The molecule has 1 aliphatic carbocycles. The number of likely N-dealkylation sites (tertiary alicyclic amines) is 1. The topological polar surface area (TPSA) is 87.7 Å². The van der Waals surface area contributed by atoms with Crippen LogP contribution in [0.2, 0.25) is 0 Å². The highest BCUT2D eigenvalue weighted by atomic mass is 32.2. The number of aromatic nitrogens is 2. The summed E-state index contributed by atoms with van der Waals surface area (Å²) >= 11 is 1.68. The summed E-state index contributed by atoms with van der Waals surface area (Å²) in [6, 6.07) is 0. The number of thioether (sulfide) groups is 1. The number of amides is 1. The predicted molar refractivity (Wildman–Crippen MR) is 120 cm³/mol. The van der Waals surface area contributed by atoms with Gasteiger partial charge in [-0.3, -0.25) is 14.6 Å². The molecule has 32 heavy (non-hydrogen) atoms. The Balaban J connectivity index is 1.50. The molecule has 4 rings (SSSR count). The van der Waals surface area contributed by atoms with Crippen LogP contribution in [0.5, 0.6) is 0 Å². The molecule has 0 saturated carbocycles. The zero-order valence-electron chi connectivity index (χ0n) is 18.1. The van der Waals surface area contributed by atoms with Gasteiger partial charge in [-0.2, -0.15) is 11.8 Å². The van der Waals surface area contributed by atoms with Gasteiger partial charge in [0.25, 0.3) is 5.56 Å². The van der Waals surface area contributed by atoms with Gasteiger partial charge in [0.2, 0.25) is 5.91 Å². The van der Waals surface area contributed by atoms with Crippen molar-refractivity contribution in [3.05, 3.63) is 26.7 Å². The van der Waals surface area contributed by atoms with Crippen LogP contribution in [0.4, 0.5) is 8.78 Å². The van der Waals surface area contributed by atoms with Crippen LogP contribution in [-0.2, 0) is 15.3 Å². The Kier molecular flexibility index (Phi) is 7.40. The number of nitrogens with zero attached hydrogens (tertiary/aromatic N) is 3. The molecule has 2 fully saturated rings. The maximum Gasteiger partial charge on any atom is 0.261 e. The first-order valence-corrected chi connectivity index (χ1v) is 12.1. The highest BCUT2D eigenvalue weighted by molar-refractivity contribution is 7.99. The van der Waals surface area contributed by atoms with Crippen LogP contribution in [0.3, 0.4) is 0 Å². The normalized spacial score (nSPS) is 23.8. The van der Waals surface area contributed by atoms with E-state index >= 15 is 0 Å². The van der Waals surface area contributed by atoms with Gasteiger partial charge in [-0.1, -0.05) is 0 Å². The lowest BCUT2D eigenvalue weighted by molar-refractivity contribution is -0.130. The number of fused-ring (bicyclic) bond motifs is 1. The summed E-state index contributed by atoms with van der Waals surface area (Å²) in [5, 5.41) is 0.220. The van der Waals surface area contributed by atoms with Gasteiger partial charge in [0.1, 0.15) is 11.0 Å². The average molecular weight is 467 g/mol. The van der Waals surface area contributed by atoms with Gasteiger partial charge in [0.05, 0.1) is 16.8 Å². The van der Waals surface area contributed by atoms with E-state index in [1.54, 1.807) is 23.6 Å². The molecule has 7 nitrogen and oxygen atoms in total. The van der Waals surface area contributed by atoms with E-state index in [2.05, 4.69) is 15.0 Å². The van der Waals surface area contributed by atoms with Gasteiger partial charge in [-0.15, -0.1) is 0 Å². The molecule has 2 aliphatic heterocycles. The molecule has 1 aromatic heterocycles. The summed E-state index contributed by atoms with van der Waals surface area (Å²) in [6.07, 6.45) is 2.78. The summed E-state index contributed by atoms with van der Waals surface area (Å²) in [7, 11) is 0. The zero-order valence-corrected chi connectivity index (χ0v) is 18.9. The number of nitrogens with one attached hydrogen (secondary N) is 1. The van der Waals surface area contributed by atoms with Crippen LogP contribution in [0.15, 0.2) is 9.79 Å². The summed E-state index contributed by atoms with van der Waals surface area (Å²) < 4.78 is 34.8. The lowest BCUT2D eigenvalue weighted by Gasteiger charge is -2.30. The Morgan fingerprint density at radius 2 is 2.03 bits per heavy atom. The number of halogens is 2. The number of carbonyl (C=O) groups excluding carboxylic acids is 1. The number of alkyl halides is 1. The van der Waals surface area contributed by atoms with Crippen molar-refractivity contribution in [1.82, 2.24) is 14.9 Å². The van der Waals surface area contributed by atoms with Crippen molar-refractivity contribution in [2.45, 2.75) is 49.8 Å². The summed E-state index contributed by atoms with van der Waals surface area (Å²) in [5.74, 6) is 0.0620. The van der Waals surface area contributed by atoms with Gasteiger partial charge in [-0.05, 0) is 37.7 Å². The first-order valence-electron chi connectivity index (χ1n) is 11.1. The smallest absolute Gasteiger partial charge is 0.261 e. The fraction of sp³-hybridized carbons (Fsp3) is 0.636. The van der Waals surface area contributed by atoms with Crippen molar-refractivity contribution in [2.24, 2.45) is 10.9 Å². The number of carbonyl (C=O) groups is 1. The first-order chi connectivity index (χ1) is 15.4. The lowest BCUT2D eigenvalue weighted by Crippen LogP contribution is -2.50. The molecule has 1 aromatic rings. The summed E-state index contributed by atoms with van der Waals surface area (Å²) in [4.78, 5) is 37.0. The minimum absolute atomic E-state index is 0.0369. The number of ether oxygens (including phenoxy) is 1. The molecule has 3 aliphatic rings. The number of aromatic amines is 1. The Bertz CT molecular complexity index is 1060. The van der Waals surface area contributed by atoms with Crippen molar-refractivity contribution >= 4 is 35.3 Å². The van der Waals surface area contributed by atoms with Crippen LogP contribution >= 0.6 is 11.8 Å². The molecule has 1 unspecified atom stereocenters. The van der Waals surface area contributed by atoms with Gasteiger partial charge < -0.3 is 14.6 Å². The third kappa shape index (κ3) is 5.28. The van der Waals surface area contributed by atoms with Crippen molar-refractivity contribution in [1.29, 1.82) is 0 Å². The minimum Gasteiger partial charge on any atom is -0.381 e. The van der Waals surface area contributed by atoms with Crippen molar-refractivity contribution in [3.63, 3.8) is 0 Å². The van der Waals surface area contributed by atoms with E-state index < -0.39 is 17.6 Å². The maximum atomic E-state index is 14.7. The molecule has 10 heteroatoms. The Morgan fingerprint density at radius 1 is 1.31 bits per heavy atom. The average Bonchev–Trinajstić information content (AvgIpc) is 2.79. The molecular weight excluding hydrogens is 438 g/mol. The molecule has 3 heterocycles. The molecule has 0 aromatic carbocycles. The molecular formula is C22H28F2N4O3S. The van der Waals surface area contributed by atoms with Crippen LogP contribution in [0, 0.1) is 5.92 Å². The van der Waals surface area contributed by atoms with Crippen molar-refractivity contribution < 1.29 is 18.3 Å². The Hall–Kier alpha value is -2.07. The zero-order chi connectivity index (χ0) is 22.7. The fourth-order valence-electron chi connectivity index (χ4n) is 4.24. The highest BCUT2D eigenvalue weighted by Gasteiger charge is 2.27. The number of hydrogen-bond donors (Lipinski definition) is 1. The Morgan fingerprint density at radius 3 is 2.72 bits per heavy atom. The summed E-state index contributed by atoms with van der Waals surface area (Å²) in [6.45, 7) is 4.67. The van der Waals surface area contributed by atoms with E-state index in [1.165, 1.54) is 6.08 Å². The molecule has 0 bridgehead atoms. The van der Waals surface area contributed by atoms with E-state index in [1.807, 2.05) is 0 Å². The van der Waals surface area contributed by atoms with Gasteiger partial charge in [-0.25, -0.2) is 13.8 Å². The van der Waals surface area contributed by atoms with Crippen LogP contribution in [0.1, 0.15) is 38.4 Å². The number of rotatable bonds is 5. The predicted octanol–water partition coefficient (Wildman–Crippen LogP) is 1.09. The summed E-state index contributed by atoms with van der Waals surface area (Å²) in [5.41, 5.74) is -0.699. The monoisotopic (exact) mass is 466 g/mol. The van der Waals surface area contributed by atoms with Crippen molar-refractivity contribution in [3.8, 4) is 0 Å². The minimum atomic E-state index is -2.06. The number of H-pyrrole nitrogens is 1. The van der Waals surface area contributed by atoms with Crippen molar-refractivity contribution in [2.75, 3.05) is 32.8 Å². The number of aliphatic imine (C=N–C) groups is 1. The van der Waals surface area contributed by atoms with Crippen LogP contribution in [0.25, 0.3) is 11.9 Å². The van der Waals surface area contributed by atoms with E-state index in [-0.39, 0.29) is 28.1 Å². The van der Waals surface area contributed by atoms with Gasteiger partial charge >= 0.3 is 0 Å². The van der Waals surface area contributed by atoms with E-state index in [9.17, 15) is 18.4 Å². The van der Waals surface area contributed by atoms with E-state index in [0.717, 1.165) is 38.9 Å². The third-order valence-corrected chi connectivity index (χ3v) is 7.60. The molecule has 1 N–H and O–H groups in total. The fourth-order valence-corrected chi connectivity index (χ4v) is 5.30. The standard InChI is InChI=1S/C22H28F2N4O3S/c1-13(29)28-6-2-14(3-7-28)11-25-17-10-16-19(21(24)20(17)23)22(30)27-18(26-16)12-32-15-4-8-31-9-5-15/h10,14-15,20H,2-9,11-12H2,1H3,(H,26,27,30). The SMILES string of the molecule is CC(=O)N1CCC(CN=C2C=c3nc(CSC4CCOCC4)[nH]c(=O)c3=C(F)C2F)CC1. The quantitative estimate of drug-likeness (QED) is 0.702. The highest BCUT2D eigenvalue weighted by Crippen LogP contribution is 2.24. The largest absolute Gasteiger partial charge is 0.381 e. The lowest BCUT2D eigenvalue weighted by atomic mass is 9.96. The first kappa shape index (κ1) is 23.1. The van der Waals surface area contributed by atoms with E-state index in [4.69, 9.17) is 4.74 Å². The second-order valence-electron chi connectivity index (χ2n) is 8.47. The molecule has 2 saturated heterocycles. The maximum absolute atomic E-state index is 14.7. The molecule has 0 radical (unpaired) electrons. The third-order valence-electron chi connectivity index (χ3n) is 6.22. The van der Waals surface area contributed by atoms with Gasteiger partial charge in [0.15, 0.2) is 12.0 Å². The van der Waals surface area contributed by atoms with E-state index in [0.29, 0.717) is 36.5 Å². The molecule has 1 atom stereocenters. The Labute approximate surface area is 189 Å². The second kappa shape index (κ2) is 10.2. The molecule has 1 amide bonds. The van der Waals surface area contributed by atoms with Crippen LogP contribution < -0.4 is 16.1 Å². The second-order valence-corrected chi connectivity index (χ2v) is 9.75. The van der Waals surface area contributed by atoms with Gasteiger partial charge in [0, 0.05) is 45.0 Å². The number of hydrogen-bond acceptors (Lipinski definition) is 6. The molecule has 0 spiro atoms. The molecule has 174 valence electrons. The van der Waals surface area contributed by atoms with Crippen LogP contribution in [-0.4, -0.2) is 70.8 Å².